The average Bonchev–Trinajstić information content (AvgIpc) is 2.86. The van der Waals surface area contributed by atoms with Crippen molar-refractivity contribution in [3.05, 3.63) is 24.5 Å². The van der Waals surface area contributed by atoms with Gasteiger partial charge < -0.3 is 10.2 Å². The van der Waals surface area contributed by atoms with Crippen LogP contribution in [0.2, 0.25) is 0 Å². The van der Waals surface area contributed by atoms with Gasteiger partial charge in [0, 0.05) is 45.8 Å². The molecule has 0 unspecified atom stereocenters. The topological polar surface area (TPSA) is 66.3 Å². The SMILES string of the molecule is C=CCN1CCN(C(=O)c2cn(C3CNC3)nn2)CC1. The van der Waals surface area contributed by atoms with Crippen LogP contribution in [0.15, 0.2) is 18.9 Å². The smallest absolute Gasteiger partial charge is 0.276 e. The van der Waals surface area contributed by atoms with E-state index in [0.717, 1.165) is 45.8 Å². The lowest BCUT2D eigenvalue weighted by Crippen LogP contribution is -2.48. The van der Waals surface area contributed by atoms with E-state index in [0.29, 0.717) is 11.7 Å². The van der Waals surface area contributed by atoms with Crippen molar-refractivity contribution in [2.45, 2.75) is 6.04 Å². The Morgan fingerprint density at radius 1 is 1.40 bits per heavy atom. The number of carbonyl (C=O) groups excluding carboxylic acids is 1. The molecule has 0 spiro atoms. The molecule has 1 aromatic rings. The Morgan fingerprint density at radius 2 is 2.15 bits per heavy atom. The number of piperazine rings is 1. The lowest BCUT2D eigenvalue weighted by Gasteiger charge is -2.33. The summed E-state index contributed by atoms with van der Waals surface area (Å²) in [4.78, 5) is 16.5. The van der Waals surface area contributed by atoms with E-state index >= 15 is 0 Å². The van der Waals surface area contributed by atoms with Crippen molar-refractivity contribution in [2.24, 2.45) is 0 Å². The summed E-state index contributed by atoms with van der Waals surface area (Å²) in [7, 11) is 0. The third-order valence-electron chi connectivity index (χ3n) is 3.91. The zero-order valence-electron chi connectivity index (χ0n) is 11.5. The number of nitrogens with zero attached hydrogens (tertiary/aromatic N) is 5. The Balaban J connectivity index is 1.58. The highest BCUT2D eigenvalue weighted by molar-refractivity contribution is 5.92. The lowest BCUT2D eigenvalue weighted by molar-refractivity contribution is 0.0644. The van der Waals surface area contributed by atoms with Crippen molar-refractivity contribution < 1.29 is 4.79 Å². The minimum absolute atomic E-state index is 0.0122. The summed E-state index contributed by atoms with van der Waals surface area (Å²) in [6.07, 6.45) is 3.67. The Morgan fingerprint density at radius 3 is 2.75 bits per heavy atom. The molecule has 0 bridgehead atoms. The summed E-state index contributed by atoms with van der Waals surface area (Å²) < 4.78 is 1.79. The summed E-state index contributed by atoms with van der Waals surface area (Å²) in [5, 5.41) is 11.2. The van der Waals surface area contributed by atoms with Gasteiger partial charge in [-0.1, -0.05) is 11.3 Å². The molecule has 0 saturated carbocycles. The molecule has 108 valence electrons. The van der Waals surface area contributed by atoms with Crippen molar-refractivity contribution >= 4 is 5.91 Å². The van der Waals surface area contributed by atoms with E-state index in [9.17, 15) is 4.79 Å². The van der Waals surface area contributed by atoms with E-state index in [2.05, 4.69) is 27.1 Å². The van der Waals surface area contributed by atoms with E-state index in [4.69, 9.17) is 0 Å². The van der Waals surface area contributed by atoms with E-state index in [1.165, 1.54) is 0 Å². The average molecular weight is 276 g/mol. The third kappa shape index (κ3) is 2.59. The highest BCUT2D eigenvalue weighted by atomic mass is 16.2. The van der Waals surface area contributed by atoms with Crippen molar-refractivity contribution in [1.82, 2.24) is 30.1 Å². The molecule has 1 N–H and O–H groups in total. The van der Waals surface area contributed by atoms with E-state index < -0.39 is 0 Å². The molecule has 3 rings (SSSR count). The molecule has 0 radical (unpaired) electrons. The summed E-state index contributed by atoms with van der Waals surface area (Å²) >= 11 is 0. The second-order valence-corrected chi connectivity index (χ2v) is 5.28. The van der Waals surface area contributed by atoms with E-state index in [1.54, 1.807) is 10.9 Å². The van der Waals surface area contributed by atoms with Crippen LogP contribution in [0.5, 0.6) is 0 Å². The highest BCUT2D eigenvalue weighted by Crippen LogP contribution is 2.12. The van der Waals surface area contributed by atoms with Crippen LogP contribution in [0.1, 0.15) is 16.5 Å². The molecule has 20 heavy (non-hydrogen) atoms. The number of carbonyl (C=O) groups is 1. The fraction of sp³-hybridized carbons (Fsp3) is 0.615. The molecular weight excluding hydrogens is 256 g/mol. The number of nitrogens with one attached hydrogen (secondary N) is 1. The van der Waals surface area contributed by atoms with Gasteiger partial charge in [-0.05, 0) is 0 Å². The summed E-state index contributed by atoms with van der Waals surface area (Å²) in [6.45, 7) is 9.68. The molecule has 0 aliphatic carbocycles. The Bertz CT molecular complexity index is 487. The van der Waals surface area contributed by atoms with Gasteiger partial charge in [-0.3, -0.25) is 9.69 Å². The standard InChI is InChI=1S/C13H20N6O/c1-2-3-17-4-6-18(7-5-17)13(20)12-10-19(16-15-12)11-8-14-9-11/h2,10-11,14H,1,3-9H2. The maximum atomic E-state index is 12.4. The van der Waals surface area contributed by atoms with Crippen LogP contribution in [0.4, 0.5) is 0 Å². The fourth-order valence-corrected chi connectivity index (χ4v) is 2.49. The predicted octanol–water partition coefficient (Wildman–Crippen LogP) is -0.634. The number of hydrogen-bond acceptors (Lipinski definition) is 5. The zero-order chi connectivity index (χ0) is 13.9. The number of hydrogen-bond donors (Lipinski definition) is 1. The molecular formula is C13H20N6O. The molecule has 7 heteroatoms. The van der Waals surface area contributed by atoms with Crippen LogP contribution in [0.25, 0.3) is 0 Å². The third-order valence-corrected chi connectivity index (χ3v) is 3.91. The van der Waals surface area contributed by atoms with Gasteiger partial charge in [-0.15, -0.1) is 11.7 Å². The van der Waals surface area contributed by atoms with Gasteiger partial charge >= 0.3 is 0 Å². The van der Waals surface area contributed by atoms with Gasteiger partial charge in [0.15, 0.2) is 5.69 Å². The van der Waals surface area contributed by atoms with Crippen molar-refractivity contribution in [1.29, 1.82) is 0 Å². The molecule has 2 fully saturated rings. The van der Waals surface area contributed by atoms with Crippen molar-refractivity contribution in [2.75, 3.05) is 45.8 Å². The summed E-state index contributed by atoms with van der Waals surface area (Å²) in [5.41, 5.74) is 0.453. The first-order chi connectivity index (χ1) is 9.78. The van der Waals surface area contributed by atoms with E-state index in [-0.39, 0.29) is 5.91 Å². The summed E-state index contributed by atoms with van der Waals surface area (Å²) in [6, 6.07) is 0.341. The first-order valence-corrected chi connectivity index (χ1v) is 7.03. The largest absolute Gasteiger partial charge is 0.335 e. The zero-order valence-corrected chi connectivity index (χ0v) is 11.5. The Hall–Kier alpha value is -1.73. The van der Waals surface area contributed by atoms with Crippen LogP contribution in [0, 0.1) is 0 Å². The van der Waals surface area contributed by atoms with E-state index in [1.807, 2.05) is 11.0 Å². The second-order valence-electron chi connectivity index (χ2n) is 5.28. The van der Waals surface area contributed by atoms with Crippen LogP contribution in [0.3, 0.4) is 0 Å². The van der Waals surface area contributed by atoms with Crippen molar-refractivity contribution in [3.63, 3.8) is 0 Å². The predicted molar refractivity (Wildman–Crippen MR) is 74.5 cm³/mol. The number of rotatable bonds is 4. The van der Waals surface area contributed by atoms with Gasteiger partial charge in [0.1, 0.15) is 0 Å². The number of amides is 1. The molecule has 7 nitrogen and oxygen atoms in total. The Kier molecular flexibility index (Phi) is 3.79. The first-order valence-electron chi connectivity index (χ1n) is 7.03. The molecule has 3 heterocycles. The molecule has 2 aliphatic heterocycles. The minimum Gasteiger partial charge on any atom is -0.335 e. The lowest BCUT2D eigenvalue weighted by atomic mass is 10.2. The van der Waals surface area contributed by atoms with Crippen LogP contribution in [-0.4, -0.2) is 76.5 Å². The van der Waals surface area contributed by atoms with Gasteiger partial charge in [-0.25, -0.2) is 4.68 Å². The first kappa shape index (κ1) is 13.3. The van der Waals surface area contributed by atoms with Crippen molar-refractivity contribution in [3.8, 4) is 0 Å². The minimum atomic E-state index is -0.0122. The van der Waals surface area contributed by atoms with Gasteiger partial charge in [-0.2, -0.15) is 0 Å². The van der Waals surface area contributed by atoms with Crippen LogP contribution < -0.4 is 5.32 Å². The fourth-order valence-electron chi connectivity index (χ4n) is 2.49. The highest BCUT2D eigenvalue weighted by Gasteiger charge is 2.26. The maximum Gasteiger partial charge on any atom is 0.276 e. The summed E-state index contributed by atoms with van der Waals surface area (Å²) in [5.74, 6) is -0.0122. The molecule has 0 aromatic carbocycles. The number of aromatic nitrogens is 3. The monoisotopic (exact) mass is 276 g/mol. The van der Waals surface area contributed by atoms with Gasteiger partial charge in [0.05, 0.1) is 12.2 Å². The maximum absolute atomic E-state index is 12.4. The van der Waals surface area contributed by atoms with Crippen LogP contribution in [-0.2, 0) is 0 Å². The Labute approximate surface area is 118 Å². The molecule has 1 amide bonds. The van der Waals surface area contributed by atoms with Crippen LogP contribution >= 0.6 is 0 Å². The molecule has 2 saturated heterocycles. The molecule has 1 aromatic heterocycles. The molecule has 2 aliphatic rings. The van der Waals surface area contributed by atoms with Gasteiger partial charge in [0.2, 0.25) is 0 Å². The normalized spacial score (nSPS) is 20.7. The molecule has 0 atom stereocenters. The van der Waals surface area contributed by atoms with Gasteiger partial charge in [0.25, 0.3) is 5.91 Å². The quantitative estimate of drug-likeness (QED) is 0.742. The second kappa shape index (κ2) is 5.72.